The number of allylic oxidation sites excluding steroid dienone is 1. The molecule has 0 unspecified atom stereocenters. The molecule has 2 bridgehead atoms. The Kier molecular flexibility index (Phi) is 7.19. The van der Waals surface area contributed by atoms with E-state index in [2.05, 4.69) is 6.92 Å². The summed E-state index contributed by atoms with van der Waals surface area (Å²) in [6, 6.07) is 0. The van der Waals surface area contributed by atoms with Crippen molar-refractivity contribution in [3.63, 3.8) is 0 Å². The number of cyclic esters (lactones) is 3. The minimum absolute atomic E-state index is 0.00140. The molecule has 0 aromatic carbocycles. The van der Waals surface area contributed by atoms with Crippen molar-refractivity contribution in [3.05, 3.63) is 45.1 Å². The molecular formula is C40H44O13. The van der Waals surface area contributed by atoms with Gasteiger partial charge in [-0.1, -0.05) is 19.4 Å². The Morgan fingerprint density at radius 1 is 0.925 bits per heavy atom. The second kappa shape index (κ2) is 11.0. The number of methoxy groups -OCH3 is 1. The van der Waals surface area contributed by atoms with Crippen molar-refractivity contribution in [2.24, 2.45) is 52.3 Å². The molecule has 9 aliphatic rings. The van der Waals surface area contributed by atoms with E-state index in [1.165, 1.54) is 20.1 Å². The number of Topliss-reactive ketones (excluding diaryl/α,β-unsaturated/α-hetero) is 1. The Morgan fingerprint density at radius 3 is 2.32 bits per heavy atom. The summed E-state index contributed by atoms with van der Waals surface area (Å²) in [7, 11) is 1.22. The highest BCUT2D eigenvalue weighted by Gasteiger charge is 2.84. The molecule has 0 saturated heterocycles. The molecule has 5 fully saturated rings. The van der Waals surface area contributed by atoms with Crippen LogP contribution in [0.3, 0.4) is 0 Å². The zero-order valence-electron chi connectivity index (χ0n) is 30.4. The van der Waals surface area contributed by atoms with E-state index in [9.17, 15) is 39.0 Å². The van der Waals surface area contributed by atoms with E-state index in [0.29, 0.717) is 24.0 Å². The monoisotopic (exact) mass is 732 g/mol. The Morgan fingerprint density at radius 2 is 1.62 bits per heavy atom. The summed E-state index contributed by atoms with van der Waals surface area (Å²) in [5, 5.41) is 24.6. The summed E-state index contributed by atoms with van der Waals surface area (Å²) < 4.78 is 28.4. The number of esters is 5. The smallest absolute Gasteiger partial charge is 0.338 e. The molecule has 12 atom stereocenters. The molecule has 0 aromatic rings. The van der Waals surface area contributed by atoms with Gasteiger partial charge in [-0.05, 0) is 85.3 Å². The van der Waals surface area contributed by atoms with E-state index >= 15 is 0 Å². The third-order valence-electron chi connectivity index (χ3n) is 15.1. The summed E-state index contributed by atoms with van der Waals surface area (Å²) in [6.45, 7) is 6.15. The highest BCUT2D eigenvalue weighted by atomic mass is 16.6. The summed E-state index contributed by atoms with van der Waals surface area (Å²) in [5.74, 6) is -6.30. The van der Waals surface area contributed by atoms with E-state index in [-0.39, 0.29) is 72.9 Å². The van der Waals surface area contributed by atoms with Gasteiger partial charge in [-0.2, -0.15) is 0 Å². The fourth-order valence-corrected chi connectivity index (χ4v) is 12.7. The third kappa shape index (κ3) is 4.26. The van der Waals surface area contributed by atoms with Crippen molar-refractivity contribution >= 4 is 35.6 Å². The Bertz CT molecular complexity index is 1970. The number of aliphatic hydroxyl groups is 2. The van der Waals surface area contributed by atoms with Crippen molar-refractivity contribution in [3.8, 4) is 0 Å². The lowest BCUT2D eigenvalue weighted by atomic mass is 9.42. The van der Waals surface area contributed by atoms with Crippen molar-refractivity contribution in [2.45, 2.75) is 83.5 Å². The molecule has 13 nitrogen and oxygen atoms in total. The van der Waals surface area contributed by atoms with Crippen LogP contribution in [0.2, 0.25) is 0 Å². The average molecular weight is 733 g/mol. The van der Waals surface area contributed by atoms with Gasteiger partial charge in [0.15, 0.2) is 5.78 Å². The second-order valence-corrected chi connectivity index (χ2v) is 17.3. The first kappa shape index (κ1) is 34.7. The number of ether oxygens (including phenoxy) is 5. The van der Waals surface area contributed by atoms with Crippen LogP contribution >= 0.6 is 0 Å². The van der Waals surface area contributed by atoms with Crippen LogP contribution in [-0.2, 0) is 52.5 Å². The van der Waals surface area contributed by atoms with E-state index in [4.69, 9.17) is 23.7 Å². The first-order valence-corrected chi connectivity index (χ1v) is 18.6. The largest absolute Gasteiger partial charge is 0.466 e. The first-order chi connectivity index (χ1) is 25.0. The topological polar surface area (TPSA) is 189 Å². The van der Waals surface area contributed by atoms with Gasteiger partial charge < -0.3 is 33.9 Å². The van der Waals surface area contributed by atoms with Crippen molar-refractivity contribution in [2.75, 3.05) is 26.9 Å². The number of rotatable bonds is 1. The molecule has 9 rings (SSSR count). The number of hydrogen-bond donors (Lipinski definition) is 2. The van der Waals surface area contributed by atoms with Crippen molar-refractivity contribution in [1.29, 1.82) is 0 Å². The van der Waals surface area contributed by atoms with Gasteiger partial charge in [0.25, 0.3) is 0 Å². The van der Waals surface area contributed by atoms with E-state index in [1.807, 2.05) is 6.92 Å². The van der Waals surface area contributed by atoms with Gasteiger partial charge in [0, 0.05) is 34.5 Å². The summed E-state index contributed by atoms with van der Waals surface area (Å²) in [5.41, 5.74) is -1.65. The zero-order chi connectivity index (χ0) is 37.7. The normalized spacial score (nSPS) is 47.3. The molecular weight excluding hydrogens is 688 g/mol. The maximum Gasteiger partial charge on any atom is 0.338 e. The summed E-state index contributed by atoms with van der Waals surface area (Å²) in [4.78, 5) is 80.7. The molecule has 53 heavy (non-hydrogen) atoms. The minimum Gasteiger partial charge on any atom is -0.466 e. The van der Waals surface area contributed by atoms with Gasteiger partial charge in [-0.15, -0.1) is 0 Å². The molecule has 7 aliphatic carbocycles. The lowest BCUT2D eigenvalue weighted by Crippen LogP contribution is -2.67. The second-order valence-electron chi connectivity index (χ2n) is 17.3. The molecule has 0 aromatic heterocycles. The van der Waals surface area contributed by atoms with Crippen LogP contribution in [0.1, 0.15) is 66.2 Å². The van der Waals surface area contributed by atoms with Crippen LogP contribution in [0.25, 0.3) is 0 Å². The number of ketones is 1. The van der Waals surface area contributed by atoms with Gasteiger partial charge in [-0.25, -0.2) is 14.4 Å². The van der Waals surface area contributed by atoms with Gasteiger partial charge in [-0.3, -0.25) is 14.4 Å². The number of fused-ring (bicyclic) bond motifs is 7. The number of carbonyl (C=O) groups excluding carboxylic acids is 6. The van der Waals surface area contributed by atoms with E-state index in [1.54, 1.807) is 6.92 Å². The van der Waals surface area contributed by atoms with Gasteiger partial charge >= 0.3 is 29.8 Å². The standard InChI is InChI=1S/C40H44O13/c1-16-8-29(43)52-15-39(48)24-11-23(24)37(3)25(39)12-22-20(14-51-28(42)7-6-27(41)50-13-16)36(47)53-40(22)26(37)10-19-18-9-21(18)38(4)31(19)32(40)30(33(44)34(38)45)17(2)35(46)49-5/h8,18,21,23-26,32,34,45,48H,6-7,9-15H2,1-5H3/b16-8+,30-17-/t18-,21-,23-,24+,25-,26+,32+,34+,37+,38+,39+,40+/m1/s1. The van der Waals surface area contributed by atoms with E-state index in [0.717, 1.165) is 17.6 Å². The van der Waals surface area contributed by atoms with Gasteiger partial charge in [0.2, 0.25) is 0 Å². The molecule has 0 amide bonds. The molecule has 2 aliphatic heterocycles. The predicted molar refractivity (Wildman–Crippen MR) is 179 cm³/mol. The molecule has 0 radical (unpaired) electrons. The number of aliphatic hydroxyl groups excluding tert-OH is 1. The fraction of sp³-hybridized carbons (Fsp3) is 0.650. The fourth-order valence-electron chi connectivity index (χ4n) is 12.7. The predicted octanol–water partition coefficient (Wildman–Crippen LogP) is 2.38. The number of carbonyl (C=O) groups is 6. The van der Waals surface area contributed by atoms with Gasteiger partial charge in [0.05, 0.1) is 31.4 Å². The molecule has 13 heteroatoms. The number of hydrogen-bond acceptors (Lipinski definition) is 13. The highest BCUT2D eigenvalue weighted by molar-refractivity contribution is 6.09. The van der Waals surface area contributed by atoms with Crippen LogP contribution in [-0.4, -0.2) is 90.1 Å². The third-order valence-corrected chi connectivity index (χ3v) is 15.1. The molecule has 1 spiro atoms. The Balaban J connectivity index is 1.26. The lowest BCUT2D eigenvalue weighted by Gasteiger charge is -2.63. The Labute approximate surface area is 305 Å². The molecule has 2 N–H and O–H groups in total. The van der Waals surface area contributed by atoms with Crippen LogP contribution < -0.4 is 0 Å². The highest BCUT2D eigenvalue weighted by Crippen LogP contribution is 2.83. The van der Waals surface area contributed by atoms with E-state index < -0.39 is 88.1 Å². The quantitative estimate of drug-likeness (QED) is 0.173. The SMILES string of the molecule is COC(=O)/C(C)=C1\C(=O)[C@H](O)[C@]2(C)C3=C(C[C@@H]4[C@]5(OC(=O)C6=C5C[C@H]5[C@](O)(COC(=O)/C=C(\C)COC(=O)CCC(=O)OC6)[C@H]6C[C@H]6[C@]45C)[C@H]31)[C@H]1C[C@H]12. The summed E-state index contributed by atoms with van der Waals surface area (Å²) in [6.07, 6.45) is 1.22. The lowest BCUT2D eigenvalue weighted by molar-refractivity contribution is -0.191. The van der Waals surface area contributed by atoms with Crippen molar-refractivity contribution < 1.29 is 62.7 Å². The maximum atomic E-state index is 14.6. The summed E-state index contributed by atoms with van der Waals surface area (Å²) >= 11 is 0. The van der Waals surface area contributed by atoms with Crippen LogP contribution in [0.15, 0.2) is 45.1 Å². The Hall–Kier alpha value is -4.10. The molecule has 2 heterocycles. The molecule has 5 saturated carbocycles. The zero-order valence-corrected chi connectivity index (χ0v) is 30.4. The van der Waals surface area contributed by atoms with Gasteiger partial charge in [0.1, 0.15) is 37.1 Å². The molecule has 282 valence electrons. The average Bonchev–Trinajstić information content (AvgIpc) is 4.04. The van der Waals surface area contributed by atoms with Crippen LogP contribution in [0.4, 0.5) is 0 Å². The first-order valence-electron chi connectivity index (χ1n) is 18.6. The van der Waals surface area contributed by atoms with Crippen LogP contribution in [0, 0.1) is 52.3 Å². The maximum absolute atomic E-state index is 14.6. The van der Waals surface area contributed by atoms with Crippen molar-refractivity contribution in [1.82, 2.24) is 0 Å². The minimum atomic E-state index is -1.51. The van der Waals surface area contributed by atoms with Crippen LogP contribution in [0.5, 0.6) is 0 Å².